The lowest BCUT2D eigenvalue weighted by atomic mass is 9.86. The first-order chi connectivity index (χ1) is 17.4. The molecule has 0 atom stereocenters. The van der Waals surface area contributed by atoms with Gasteiger partial charge in [0.05, 0.1) is 42.0 Å². The van der Waals surface area contributed by atoms with Crippen LogP contribution in [-0.2, 0) is 28.4 Å². The van der Waals surface area contributed by atoms with Crippen LogP contribution < -0.4 is 4.74 Å². The van der Waals surface area contributed by atoms with Gasteiger partial charge in [-0.2, -0.15) is 0 Å². The second kappa shape index (κ2) is 8.72. The molecule has 0 saturated carbocycles. The van der Waals surface area contributed by atoms with Crippen molar-refractivity contribution in [3.8, 4) is 5.75 Å². The smallest absolute Gasteiger partial charge is 0.340 e. The van der Waals surface area contributed by atoms with Crippen LogP contribution in [0.2, 0.25) is 0 Å². The minimum absolute atomic E-state index is 0.183. The van der Waals surface area contributed by atoms with Crippen molar-refractivity contribution in [3.63, 3.8) is 0 Å². The largest absolute Gasteiger partial charge is 0.493 e. The highest BCUT2D eigenvalue weighted by molar-refractivity contribution is 9.10. The van der Waals surface area contributed by atoms with Gasteiger partial charge in [0.1, 0.15) is 0 Å². The average molecular weight is 566 g/mol. The number of hydrogen-bond acceptors (Lipinski definition) is 5. The lowest BCUT2D eigenvalue weighted by Gasteiger charge is -2.16. The van der Waals surface area contributed by atoms with Crippen LogP contribution in [0.15, 0.2) is 22.7 Å². The first-order valence-electron chi connectivity index (χ1n) is 12.4. The van der Waals surface area contributed by atoms with E-state index in [9.17, 15) is 4.79 Å². The molecule has 2 aliphatic heterocycles. The molecule has 2 aliphatic rings. The highest BCUT2D eigenvalue weighted by Crippen LogP contribution is 2.40. The molecule has 5 heterocycles. The second-order valence-corrected chi connectivity index (χ2v) is 12.1. The van der Waals surface area contributed by atoms with Gasteiger partial charge in [-0.25, -0.2) is 4.79 Å². The van der Waals surface area contributed by atoms with Crippen molar-refractivity contribution in [3.05, 3.63) is 62.1 Å². The zero-order valence-corrected chi connectivity index (χ0v) is 24.2. The summed E-state index contributed by atoms with van der Waals surface area (Å²) in [5, 5.41) is 0. The molecule has 37 heavy (non-hydrogen) atoms. The highest BCUT2D eigenvalue weighted by atomic mass is 79.9. The third kappa shape index (κ3) is 4.15. The number of nitrogens with one attached hydrogen (secondary N) is 2. The molecule has 0 fully saturated rings. The van der Waals surface area contributed by atoms with Crippen molar-refractivity contribution in [2.24, 2.45) is 0 Å². The monoisotopic (exact) mass is 564 g/mol. The van der Waals surface area contributed by atoms with E-state index in [0.29, 0.717) is 11.1 Å². The van der Waals surface area contributed by atoms with Gasteiger partial charge in [-0.1, -0.05) is 27.7 Å². The van der Waals surface area contributed by atoms with Gasteiger partial charge >= 0.3 is 5.97 Å². The van der Waals surface area contributed by atoms with E-state index in [1.807, 2.05) is 19.1 Å². The van der Waals surface area contributed by atoms with E-state index in [-0.39, 0.29) is 16.8 Å². The van der Waals surface area contributed by atoms with E-state index in [0.717, 1.165) is 73.5 Å². The number of halogens is 1. The number of carbonyl (C=O) groups excluding carboxylic acids is 1. The second-order valence-electron chi connectivity index (χ2n) is 11.3. The molecule has 0 amide bonds. The van der Waals surface area contributed by atoms with Gasteiger partial charge in [0.25, 0.3) is 0 Å². The zero-order chi connectivity index (χ0) is 26.9. The minimum Gasteiger partial charge on any atom is -0.493 e. The van der Waals surface area contributed by atoms with Crippen molar-refractivity contribution in [1.82, 2.24) is 19.9 Å². The summed E-state index contributed by atoms with van der Waals surface area (Å²) in [5.74, 6) is 0.354. The summed E-state index contributed by atoms with van der Waals surface area (Å²) in [6.07, 6.45) is 1.46. The number of nitrogens with zero attached hydrogens (tertiary/aromatic N) is 2. The van der Waals surface area contributed by atoms with Gasteiger partial charge in [0, 0.05) is 50.7 Å². The standard InChI is InChI=1S/C29H33BrN4O3/c1-14-17-10-22-29(5,6)13-20(33-22)26(36-7)25-15(2)24(30)19(34-25)11-21-28(3,4)12-16(31-21)9-18(32-17)23(14)27(35)37-8/h9-11,32,34H,12-13H2,1-8H3. The van der Waals surface area contributed by atoms with Crippen molar-refractivity contribution < 1.29 is 14.3 Å². The first-order valence-corrected chi connectivity index (χ1v) is 13.2. The molecule has 7 nitrogen and oxygen atoms in total. The Bertz CT molecular complexity index is 1610. The van der Waals surface area contributed by atoms with Crippen molar-refractivity contribution in [1.29, 1.82) is 0 Å². The molecule has 5 rings (SSSR count). The topological polar surface area (TPSA) is 92.9 Å². The number of H-pyrrole nitrogens is 2. The predicted octanol–water partition coefficient (Wildman–Crippen LogP) is 6.53. The Labute approximate surface area is 225 Å². The average Bonchev–Trinajstić information content (AvgIpc) is 3.47. The van der Waals surface area contributed by atoms with Crippen LogP contribution in [0, 0.1) is 13.8 Å². The van der Waals surface area contributed by atoms with Gasteiger partial charge in [-0.05, 0) is 59.1 Å². The summed E-state index contributed by atoms with van der Waals surface area (Å²) in [6, 6.07) is 6.11. The van der Waals surface area contributed by atoms with Crippen LogP contribution in [0.5, 0.6) is 5.75 Å². The third-order valence-corrected chi connectivity index (χ3v) is 8.63. The van der Waals surface area contributed by atoms with E-state index in [4.69, 9.17) is 19.4 Å². The molecule has 8 heteroatoms. The SMILES string of the molecule is COC(=O)c1c(C)c2cc3nc(c(OC)c4[nH]c(cc5nc(cc1[nH]2)CC5(C)C)c(Br)c4C)CC3(C)C. The number of aryl methyl sites for hydroxylation is 2. The molecule has 0 aliphatic carbocycles. The van der Waals surface area contributed by atoms with E-state index in [2.05, 4.69) is 66.6 Å². The van der Waals surface area contributed by atoms with Crippen LogP contribution in [0.3, 0.4) is 0 Å². The van der Waals surface area contributed by atoms with Crippen molar-refractivity contribution in [2.75, 3.05) is 14.2 Å². The summed E-state index contributed by atoms with van der Waals surface area (Å²) < 4.78 is 12.1. The summed E-state index contributed by atoms with van der Waals surface area (Å²) >= 11 is 3.79. The Hall–Kier alpha value is -3.13. The number of methoxy groups -OCH3 is 2. The van der Waals surface area contributed by atoms with Gasteiger partial charge in [0.2, 0.25) is 0 Å². The Morgan fingerprint density at radius 2 is 1.54 bits per heavy atom. The molecule has 3 aromatic rings. The molecular formula is C29H33BrN4O3. The lowest BCUT2D eigenvalue weighted by Crippen LogP contribution is -2.15. The zero-order valence-electron chi connectivity index (χ0n) is 22.6. The molecule has 194 valence electrons. The number of hydrogen-bond donors (Lipinski definition) is 2. The quantitative estimate of drug-likeness (QED) is 0.345. The summed E-state index contributed by atoms with van der Waals surface area (Å²) in [6.45, 7) is 12.7. The van der Waals surface area contributed by atoms with Crippen LogP contribution in [0.25, 0.3) is 22.1 Å². The minimum atomic E-state index is -0.376. The first kappa shape index (κ1) is 25.5. The molecule has 0 radical (unpaired) electrons. The summed E-state index contributed by atoms with van der Waals surface area (Å²) in [5.41, 5.74) is 9.03. The van der Waals surface area contributed by atoms with Crippen LogP contribution >= 0.6 is 15.9 Å². The fourth-order valence-electron chi connectivity index (χ4n) is 5.39. The van der Waals surface area contributed by atoms with Crippen LogP contribution in [-0.4, -0.2) is 40.1 Å². The highest BCUT2D eigenvalue weighted by Gasteiger charge is 2.32. The van der Waals surface area contributed by atoms with Crippen molar-refractivity contribution in [2.45, 2.75) is 65.2 Å². The number of rotatable bonds is 2. The normalized spacial score (nSPS) is 16.0. The number of ether oxygens (including phenoxy) is 2. The fraction of sp³-hybridized carbons (Fsp3) is 0.414. The number of carbonyl (C=O) groups is 1. The van der Waals surface area contributed by atoms with E-state index < -0.39 is 0 Å². The maximum Gasteiger partial charge on any atom is 0.340 e. The third-order valence-electron chi connectivity index (χ3n) is 7.61. The van der Waals surface area contributed by atoms with Gasteiger partial charge in [-0.15, -0.1) is 0 Å². The van der Waals surface area contributed by atoms with Crippen molar-refractivity contribution >= 4 is 44.0 Å². The predicted molar refractivity (Wildman–Crippen MR) is 150 cm³/mol. The van der Waals surface area contributed by atoms with Gasteiger partial charge < -0.3 is 19.4 Å². The summed E-state index contributed by atoms with van der Waals surface area (Å²) in [4.78, 5) is 29.9. The molecule has 0 spiro atoms. The molecule has 2 N–H and O–H groups in total. The lowest BCUT2D eigenvalue weighted by molar-refractivity contribution is 0.0602. The number of aromatic nitrogens is 4. The van der Waals surface area contributed by atoms with Crippen LogP contribution in [0.1, 0.15) is 72.0 Å². The Kier molecular flexibility index (Phi) is 6.01. The number of aromatic amines is 2. The molecular weight excluding hydrogens is 532 g/mol. The Morgan fingerprint density at radius 3 is 2.22 bits per heavy atom. The molecule has 0 aromatic carbocycles. The van der Waals surface area contributed by atoms with E-state index >= 15 is 0 Å². The van der Waals surface area contributed by atoms with E-state index in [1.54, 1.807) is 7.11 Å². The Balaban J connectivity index is 2.00. The number of esters is 1. The van der Waals surface area contributed by atoms with Gasteiger partial charge in [0.15, 0.2) is 5.75 Å². The maximum atomic E-state index is 12.8. The fourth-order valence-corrected chi connectivity index (χ4v) is 5.80. The molecule has 0 unspecified atom stereocenters. The molecule has 3 aromatic heterocycles. The Morgan fingerprint density at radius 1 is 0.892 bits per heavy atom. The number of fused-ring (bicyclic) bond motifs is 8. The van der Waals surface area contributed by atoms with Crippen LogP contribution in [0.4, 0.5) is 0 Å². The molecule has 8 bridgehead atoms. The van der Waals surface area contributed by atoms with E-state index in [1.165, 1.54) is 7.11 Å². The summed E-state index contributed by atoms with van der Waals surface area (Å²) in [7, 11) is 3.10. The maximum absolute atomic E-state index is 12.8. The van der Waals surface area contributed by atoms with Gasteiger partial charge in [-0.3, -0.25) is 9.97 Å². The molecule has 0 saturated heterocycles.